The van der Waals surface area contributed by atoms with Crippen LogP contribution in [0.2, 0.25) is 0 Å². The van der Waals surface area contributed by atoms with E-state index >= 15 is 0 Å². The van der Waals surface area contributed by atoms with Gasteiger partial charge in [0, 0.05) is 53.2 Å². The molecule has 0 aromatic carbocycles. The molecule has 3 atom stereocenters. The second-order valence-electron chi connectivity index (χ2n) is 22.1. The van der Waals surface area contributed by atoms with E-state index in [-0.39, 0.29) is 51.9 Å². The molecule has 430 valence electrons. The molecule has 0 aromatic rings. The van der Waals surface area contributed by atoms with Crippen LogP contribution < -0.4 is 11.6 Å². The van der Waals surface area contributed by atoms with E-state index in [1.54, 1.807) is 11.1 Å². The molecule has 1 rings (SSSR count). The molecule has 0 fully saturated rings. The van der Waals surface area contributed by atoms with Gasteiger partial charge in [0.1, 0.15) is 6.10 Å². The number of aliphatic hydroxyl groups is 4. The SMILES string of the molecule is CCCCCCCCC(CCCCCCCC)OC(=O)CCCCCCCN(CCCCCCCO)CCC(N)CN(N)CCC1=CC(O)C(O)CC1.CCCCCCCCC(O)CCCCCCCC.[W]. The number of esters is 1. The van der Waals surface area contributed by atoms with Gasteiger partial charge in [0.05, 0.1) is 18.3 Å². The monoisotopic (exact) mass is 1190 g/mol. The van der Waals surface area contributed by atoms with Crippen molar-refractivity contribution in [3.8, 4) is 0 Å². The number of hydrazine groups is 1. The average molecular weight is 1190 g/mol. The fraction of sp³-hybridized carbons (Fsp3) is 0.951. The first-order valence-electron chi connectivity index (χ1n) is 31.1. The first kappa shape index (κ1) is 73.7. The Labute approximate surface area is 461 Å². The summed E-state index contributed by atoms with van der Waals surface area (Å²) in [5, 5.41) is 40.4. The minimum Gasteiger partial charge on any atom is -0.462 e. The van der Waals surface area contributed by atoms with Crippen LogP contribution in [-0.2, 0) is 30.6 Å². The molecular formula is C61H124N4O6W. The summed E-state index contributed by atoms with van der Waals surface area (Å²) in [6.07, 6.45) is 50.4. The Kier molecular flexibility index (Phi) is 58.1. The van der Waals surface area contributed by atoms with E-state index < -0.39 is 12.2 Å². The van der Waals surface area contributed by atoms with Crippen LogP contribution in [0.3, 0.4) is 0 Å². The number of rotatable bonds is 52. The van der Waals surface area contributed by atoms with Gasteiger partial charge in [0.2, 0.25) is 0 Å². The van der Waals surface area contributed by atoms with Crippen molar-refractivity contribution in [2.45, 2.75) is 334 Å². The summed E-state index contributed by atoms with van der Waals surface area (Å²) < 4.78 is 6.05. The molecule has 0 amide bonds. The fourth-order valence-electron chi connectivity index (χ4n) is 9.99. The molecule has 1 aliphatic rings. The summed E-state index contributed by atoms with van der Waals surface area (Å²) in [4.78, 5) is 15.4. The van der Waals surface area contributed by atoms with E-state index in [4.69, 9.17) is 21.4 Å². The fourth-order valence-corrected chi connectivity index (χ4v) is 9.99. The van der Waals surface area contributed by atoms with E-state index in [0.29, 0.717) is 25.9 Å². The molecular weight excluding hydrogens is 1070 g/mol. The maximum atomic E-state index is 12.8. The third-order valence-electron chi connectivity index (χ3n) is 14.9. The third kappa shape index (κ3) is 50.4. The minimum atomic E-state index is -0.770. The van der Waals surface area contributed by atoms with Gasteiger partial charge >= 0.3 is 5.97 Å². The number of unbranched alkanes of at least 4 members (excludes halogenated alkanes) is 28. The quantitative estimate of drug-likeness (QED) is 0.0114. The van der Waals surface area contributed by atoms with Crippen LogP contribution in [0.5, 0.6) is 0 Å². The van der Waals surface area contributed by atoms with Crippen LogP contribution in [0.25, 0.3) is 0 Å². The van der Waals surface area contributed by atoms with Gasteiger partial charge in [-0.2, -0.15) is 0 Å². The van der Waals surface area contributed by atoms with E-state index in [1.807, 2.05) is 0 Å². The molecule has 0 bridgehead atoms. The first-order chi connectivity index (χ1) is 34.6. The molecule has 11 heteroatoms. The third-order valence-corrected chi connectivity index (χ3v) is 14.9. The van der Waals surface area contributed by atoms with Crippen LogP contribution >= 0.6 is 0 Å². The van der Waals surface area contributed by atoms with Crippen molar-refractivity contribution in [2.24, 2.45) is 11.6 Å². The Morgan fingerprint density at radius 1 is 0.583 bits per heavy atom. The van der Waals surface area contributed by atoms with Crippen molar-refractivity contribution >= 4 is 5.97 Å². The summed E-state index contributed by atoms with van der Waals surface area (Å²) in [7, 11) is 0. The molecule has 72 heavy (non-hydrogen) atoms. The molecule has 1 aliphatic carbocycles. The molecule has 8 N–H and O–H groups in total. The molecule has 0 saturated heterocycles. The number of carbonyl (C=O) groups excluding carboxylic acids is 1. The van der Waals surface area contributed by atoms with Gasteiger partial charge in [-0.3, -0.25) is 10.6 Å². The summed E-state index contributed by atoms with van der Waals surface area (Å²) in [6.45, 7) is 13.7. The molecule has 0 aliphatic heterocycles. The van der Waals surface area contributed by atoms with Crippen molar-refractivity contribution in [2.75, 3.05) is 39.3 Å². The molecule has 0 aromatic heterocycles. The largest absolute Gasteiger partial charge is 0.462 e. The summed E-state index contributed by atoms with van der Waals surface area (Å²) in [5.74, 6) is 6.32. The summed E-state index contributed by atoms with van der Waals surface area (Å²) in [5.41, 5.74) is 7.70. The summed E-state index contributed by atoms with van der Waals surface area (Å²) in [6, 6.07) is -0.00394. The molecule has 3 unspecified atom stereocenters. The van der Waals surface area contributed by atoms with Crippen LogP contribution in [0.4, 0.5) is 0 Å². The number of nitrogens with two attached hydrogens (primary N) is 2. The topological polar surface area (TPSA) is 166 Å². The smallest absolute Gasteiger partial charge is 0.306 e. The number of hydrogen-bond donors (Lipinski definition) is 6. The summed E-state index contributed by atoms with van der Waals surface area (Å²) >= 11 is 0. The van der Waals surface area contributed by atoms with Gasteiger partial charge in [0.15, 0.2) is 0 Å². The standard InChI is InChI=1S/C44H88N4O5.C17H36O.W/c1-3-5-7-9-13-19-25-41(26-20-14-10-8-6-4-2)53-44(52)27-21-15-11-16-22-32-47(33-23-17-12-18-24-36-49)34-31-40(45)38-48(46)35-30-39-28-29-42(50)43(51)37-39;1-3-5-7-9-11-13-15-17(18)16-14-12-10-8-6-4-2;/h37,40-43,49-51H,3-36,38,45-46H2,1-2H3;17-18H,3-16H2,1-2H3;. The zero-order chi connectivity index (χ0) is 52.3. The van der Waals surface area contributed by atoms with E-state index in [1.165, 1.54) is 180 Å². The number of carbonyl (C=O) groups is 1. The number of nitrogens with zero attached hydrogens (tertiary/aromatic N) is 2. The number of ether oxygens (including phenoxy) is 1. The van der Waals surface area contributed by atoms with Crippen molar-refractivity contribution in [3.05, 3.63) is 11.6 Å². The predicted molar refractivity (Wildman–Crippen MR) is 304 cm³/mol. The van der Waals surface area contributed by atoms with E-state index in [2.05, 4.69) is 32.6 Å². The Balaban J connectivity index is 0. The number of hydrogen-bond acceptors (Lipinski definition) is 10. The van der Waals surface area contributed by atoms with Crippen molar-refractivity contribution in [1.82, 2.24) is 9.91 Å². The van der Waals surface area contributed by atoms with Crippen molar-refractivity contribution in [3.63, 3.8) is 0 Å². The Morgan fingerprint density at radius 3 is 1.46 bits per heavy atom. The molecule has 10 nitrogen and oxygen atoms in total. The molecule has 0 heterocycles. The van der Waals surface area contributed by atoms with Gasteiger partial charge in [-0.15, -0.1) is 0 Å². The molecule has 0 radical (unpaired) electrons. The maximum absolute atomic E-state index is 12.8. The van der Waals surface area contributed by atoms with Gasteiger partial charge in [0.25, 0.3) is 0 Å². The zero-order valence-electron chi connectivity index (χ0n) is 48.2. The van der Waals surface area contributed by atoms with E-state index in [0.717, 1.165) is 109 Å². The molecule has 0 saturated carbocycles. The van der Waals surface area contributed by atoms with Gasteiger partial charge in [-0.05, 0) is 110 Å². The van der Waals surface area contributed by atoms with Gasteiger partial charge < -0.3 is 35.8 Å². The average Bonchev–Trinajstić information content (AvgIpc) is 3.35. The second kappa shape index (κ2) is 56.8. The second-order valence-corrected chi connectivity index (χ2v) is 22.1. The number of aliphatic hydroxyl groups excluding tert-OH is 4. The normalized spacial score (nSPS) is 15.3. The van der Waals surface area contributed by atoms with E-state index in [9.17, 15) is 20.1 Å². The first-order valence-corrected chi connectivity index (χ1v) is 31.1. The van der Waals surface area contributed by atoms with Gasteiger partial charge in [-0.1, -0.05) is 219 Å². The van der Waals surface area contributed by atoms with Crippen molar-refractivity contribution in [1.29, 1.82) is 0 Å². The van der Waals surface area contributed by atoms with Gasteiger partial charge in [-0.25, -0.2) is 5.01 Å². The predicted octanol–water partition coefficient (Wildman–Crippen LogP) is 14.6. The van der Waals surface area contributed by atoms with Crippen LogP contribution in [0, 0.1) is 0 Å². The zero-order valence-corrected chi connectivity index (χ0v) is 51.1. The molecule has 0 spiro atoms. The Morgan fingerprint density at radius 2 is 1.00 bits per heavy atom. The maximum Gasteiger partial charge on any atom is 0.306 e. The Bertz CT molecular complexity index is 1110. The van der Waals surface area contributed by atoms with Crippen LogP contribution in [-0.4, -0.2) is 106 Å². The minimum absolute atomic E-state index is 0. The Hall–Kier alpha value is -0.422. The van der Waals surface area contributed by atoms with Crippen molar-refractivity contribution < 1.29 is 51.0 Å². The van der Waals surface area contributed by atoms with Crippen LogP contribution in [0.1, 0.15) is 304 Å². The van der Waals surface area contributed by atoms with Crippen LogP contribution in [0.15, 0.2) is 11.6 Å².